The fraction of sp³-hybridized carbons (Fsp3) is 0.143. The third kappa shape index (κ3) is 2.76. The third-order valence-corrected chi connectivity index (χ3v) is 4.35. The van der Waals surface area contributed by atoms with Gasteiger partial charge in [-0.15, -0.1) is 0 Å². The smallest absolute Gasteiger partial charge is 0.227 e. The Morgan fingerprint density at radius 1 is 1.04 bits per heavy atom. The van der Waals surface area contributed by atoms with Gasteiger partial charge in [0.1, 0.15) is 11.3 Å². The van der Waals surface area contributed by atoms with Crippen LogP contribution in [-0.4, -0.2) is 11.3 Å². The zero-order valence-electron chi connectivity index (χ0n) is 14.1. The van der Waals surface area contributed by atoms with E-state index in [4.69, 9.17) is 8.83 Å². The molecule has 2 aromatic heterocycles. The molecule has 25 heavy (non-hydrogen) atoms. The average Bonchev–Trinajstić information content (AvgIpc) is 3.28. The molecule has 4 rings (SSSR count). The number of benzene rings is 2. The molecule has 4 aromatic rings. The van der Waals surface area contributed by atoms with Crippen LogP contribution in [0.25, 0.3) is 33.9 Å². The number of carbonyl (C=O) groups excluding carboxylic acids is 1. The monoisotopic (exact) mass is 331 g/mol. The van der Waals surface area contributed by atoms with Crippen molar-refractivity contribution in [1.82, 2.24) is 4.98 Å². The van der Waals surface area contributed by atoms with E-state index in [1.54, 1.807) is 12.1 Å². The summed E-state index contributed by atoms with van der Waals surface area (Å²) < 4.78 is 11.5. The van der Waals surface area contributed by atoms with Crippen molar-refractivity contribution in [2.45, 2.75) is 20.3 Å². The summed E-state index contributed by atoms with van der Waals surface area (Å²) >= 11 is 0. The maximum Gasteiger partial charge on any atom is 0.227 e. The quantitative estimate of drug-likeness (QED) is 0.467. The molecule has 0 spiro atoms. The number of nitrogens with zero attached hydrogens (tertiary/aromatic N) is 1. The van der Waals surface area contributed by atoms with Crippen LogP contribution in [0.4, 0.5) is 0 Å². The first-order valence-corrected chi connectivity index (χ1v) is 8.24. The topological polar surface area (TPSA) is 56.2 Å². The second-order valence-corrected chi connectivity index (χ2v) is 6.02. The number of fused-ring (bicyclic) bond motifs is 1. The lowest BCUT2D eigenvalue weighted by molar-refractivity contribution is 0.110. The van der Waals surface area contributed by atoms with Crippen molar-refractivity contribution in [2.24, 2.45) is 0 Å². The lowest BCUT2D eigenvalue weighted by Crippen LogP contribution is -1.85. The van der Waals surface area contributed by atoms with E-state index < -0.39 is 0 Å². The molecule has 0 atom stereocenters. The molecule has 2 heterocycles. The molecule has 0 radical (unpaired) electrons. The van der Waals surface area contributed by atoms with E-state index in [0.717, 1.165) is 34.2 Å². The van der Waals surface area contributed by atoms with Gasteiger partial charge in [0.05, 0.1) is 0 Å². The number of carbonyl (C=O) groups is 1. The Balaban J connectivity index is 1.80. The van der Waals surface area contributed by atoms with Gasteiger partial charge in [-0.3, -0.25) is 4.79 Å². The summed E-state index contributed by atoms with van der Waals surface area (Å²) in [5.41, 5.74) is 5.71. The van der Waals surface area contributed by atoms with Crippen molar-refractivity contribution in [3.63, 3.8) is 0 Å². The molecule has 0 aliphatic rings. The number of aryl methyl sites for hydroxylation is 2. The first kappa shape index (κ1) is 15.4. The standard InChI is InChI=1S/C21H17NO3/c1-3-14-5-8-20-18(10-14)22-21(25-20)15-6-4-13(2)17(11-15)19-9-7-16(12-23)24-19/h4-12H,3H2,1-2H3. The molecular weight excluding hydrogens is 314 g/mol. The molecule has 2 aromatic carbocycles. The zero-order valence-corrected chi connectivity index (χ0v) is 14.1. The van der Waals surface area contributed by atoms with Crippen molar-refractivity contribution in [3.8, 4) is 22.8 Å². The van der Waals surface area contributed by atoms with Crippen molar-refractivity contribution in [2.75, 3.05) is 0 Å². The van der Waals surface area contributed by atoms with Gasteiger partial charge in [-0.25, -0.2) is 4.98 Å². The average molecular weight is 331 g/mol. The third-order valence-electron chi connectivity index (χ3n) is 4.35. The molecule has 0 saturated heterocycles. The molecule has 0 unspecified atom stereocenters. The fourth-order valence-corrected chi connectivity index (χ4v) is 2.90. The van der Waals surface area contributed by atoms with Gasteiger partial charge in [-0.1, -0.05) is 19.1 Å². The Morgan fingerprint density at radius 2 is 1.92 bits per heavy atom. The molecule has 0 saturated carbocycles. The van der Waals surface area contributed by atoms with Crippen LogP contribution >= 0.6 is 0 Å². The van der Waals surface area contributed by atoms with Crippen LogP contribution < -0.4 is 0 Å². The Morgan fingerprint density at radius 3 is 2.68 bits per heavy atom. The van der Waals surface area contributed by atoms with E-state index >= 15 is 0 Å². The normalized spacial score (nSPS) is 11.1. The summed E-state index contributed by atoms with van der Waals surface area (Å²) in [6, 6.07) is 15.5. The number of aromatic nitrogens is 1. The molecule has 0 fully saturated rings. The van der Waals surface area contributed by atoms with Crippen LogP contribution in [0.1, 0.15) is 28.6 Å². The number of rotatable bonds is 4. The maximum atomic E-state index is 10.9. The van der Waals surface area contributed by atoms with Gasteiger partial charge >= 0.3 is 0 Å². The van der Waals surface area contributed by atoms with Crippen molar-refractivity contribution in [1.29, 1.82) is 0 Å². The summed E-state index contributed by atoms with van der Waals surface area (Å²) in [4.78, 5) is 15.5. The van der Waals surface area contributed by atoms with Gasteiger partial charge in [0.25, 0.3) is 0 Å². The number of aldehydes is 1. The molecule has 0 N–H and O–H groups in total. The fourth-order valence-electron chi connectivity index (χ4n) is 2.90. The van der Waals surface area contributed by atoms with Gasteiger partial charge in [0.15, 0.2) is 17.6 Å². The van der Waals surface area contributed by atoms with Crippen molar-refractivity contribution < 1.29 is 13.6 Å². The SMILES string of the molecule is CCc1ccc2oc(-c3ccc(C)c(-c4ccc(C=O)o4)c3)nc2c1. The number of oxazole rings is 1. The van der Waals surface area contributed by atoms with Gasteiger partial charge < -0.3 is 8.83 Å². The first-order chi connectivity index (χ1) is 12.2. The molecule has 4 nitrogen and oxygen atoms in total. The summed E-state index contributed by atoms with van der Waals surface area (Å²) in [5, 5.41) is 0. The highest BCUT2D eigenvalue weighted by atomic mass is 16.4. The Bertz CT molecular complexity index is 1070. The number of hydrogen-bond acceptors (Lipinski definition) is 4. The summed E-state index contributed by atoms with van der Waals surface area (Å²) in [7, 11) is 0. The van der Waals surface area contributed by atoms with Gasteiger partial charge in [-0.05, 0) is 60.9 Å². The van der Waals surface area contributed by atoms with E-state index in [9.17, 15) is 4.79 Å². The lowest BCUT2D eigenvalue weighted by atomic mass is 10.0. The number of furan rings is 1. The van der Waals surface area contributed by atoms with Crippen LogP contribution in [0.2, 0.25) is 0 Å². The van der Waals surface area contributed by atoms with E-state index in [-0.39, 0.29) is 0 Å². The zero-order chi connectivity index (χ0) is 17.4. The lowest BCUT2D eigenvalue weighted by Gasteiger charge is -2.04. The van der Waals surface area contributed by atoms with E-state index in [0.29, 0.717) is 23.7 Å². The largest absolute Gasteiger partial charge is 0.453 e. The minimum Gasteiger partial charge on any atom is -0.453 e. The van der Waals surface area contributed by atoms with Crippen molar-refractivity contribution >= 4 is 17.4 Å². The van der Waals surface area contributed by atoms with E-state index in [2.05, 4.69) is 24.0 Å². The predicted octanol–water partition coefficient (Wildman–Crippen LogP) is 5.44. The van der Waals surface area contributed by atoms with Gasteiger partial charge in [0.2, 0.25) is 5.89 Å². The minimum atomic E-state index is 0.314. The highest BCUT2D eigenvalue weighted by Crippen LogP contribution is 2.31. The summed E-state index contributed by atoms with van der Waals surface area (Å²) in [6.07, 6.45) is 1.67. The highest BCUT2D eigenvalue weighted by molar-refractivity contribution is 5.79. The summed E-state index contributed by atoms with van der Waals surface area (Å²) in [5.74, 6) is 1.55. The highest BCUT2D eigenvalue weighted by Gasteiger charge is 2.13. The second kappa shape index (κ2) is 6.06. The molecule has 0 aliphatic heterocycles. The van der Waals surface area contributed by atoms with Crippen LogP contribution in [-0.2, 0) is 6.42 Å². The Kier molecular flexibility index (Phi) is 3.73. The Hall–Kier alpha value is -3.14. The second-order valence-electron chi connectivity index (χ2n) is 6.02. The van der Waals surface area contributed by atoms with Crippen LogP contribution in [0, 0.1) is 6.92 Å². The maximum absolute atomic E-state index is 10.9. The van der Waals surface area contributed by atoms with Gasteiger partial charge in [-0.2, -0.15) is 0 Å². The van der Waals surface area contributed by atoms with Gasteiger partial charge in [0, 0.05) is 11.1 Å². The van der Waals surface area contributed by atoms with Crippen LogP contribution in [0.3, 0.4) is 0 Å². The molecular formula is C21H17NO3. The predicted molar refractivity (Wildman–Crippen MR) is 96.6 cm³/mol. The molecule has 0 amide bonds. The molecule has 0 bridgehead atoms. The van der Waals surface area contributed by atoms with Crippen molar-refractivity contribution in [3.05, 3.63) is 65.4 Å². The Labute approximate surface area is 145 Å². The molecule has 124 valence electrons. The van der Waals surface area contributed by atoms with Crippen LogP contribution in [0.15, 0.2) is 57.4 Å². The minimum absolute atomic E-state index is 0.314. The summed E-state index contributed by atoms with van der Waals surface area (Å²) in [6.45, 7) is 4.12. The van der Waals surface area contributed by atoms with E-state index in [1.807, 2.05) is 31.2 Å². The molecule has 0 aliphatic carbocycles. The van der Waals surface area contributed by atoms with Crippen LogP contribution in [0.5, 0.6) is 0 Å². The molecule has 4 heteroatoms. The van der Waals surface area contributed by atoms with E-state index in [1.165, 1.54) is 5.56 Å². The number of hydrogen-bond donors (Lipinski definition) is 0. The first-order valence-electron chi connectivity index (χ1n) is 8.24.